The van der Waals surface area contributed by atoms with Crippen LogP contribution in [0.1, 0.15) is 26.5 Å². The molecule has 0 aromatic carbocycles. The molecule has 0 saturated heterocycles. The third-order valence-electron chi connectivity index (χ3n) is 1.39. The van der Waals surface area contributed by atoms with Gasteiger partial charge >= 0.3 is 0 Å². The number of aromatic nitrogens is 3. The van der Waals surface area contributed by atoms with Gasteiger partial charge in [-0.25, -0.2) is 4.68 Å². The summed E-state index contributed by atoms with van der Waals surface area (Å²) in [5.74, 6) is 0. The van der Waals surface area contributed by atoms with Gasteiger partial charge in [0.15, 0.2) is 0 Å². The number of alkyl halides is 1. The summed E-state index contributed by atoms with van der Waals surface area (Å²) in [4.78, 5) is 0. The van der Waals surface area contributed by atoms with E-state index in [9.17, 15) is 0 Å². The Kier molecular flexibility index (Phi) is 2.32. The molecule has 0 aliphatic rings. The Labute approximate surface area is 74.9 Å². The summed E-state index contributed by atoms with van der Waals surface area (Å²) in [6.07, 6.45) is 1.78. The summed E-state index contributed by atoms with van der Waals surface area (Å²) in [7, 11) is 0. The number of rotatable bonds is 1. The Morgan fingerprint density at radius 1 is 1.55 bits per heavy atom. The van der Waals surface area contributed by atoms with Crippen LogP contribution in [0.5, 0.6) is 0 Å². The first-order valence-electron chi connectivity index (χ1n) is 3.51. The molecule has 4 heteroatoms. The van der Waals surface area contributed by atoms with Crippen molar-refractivity contribution in [1.29, 1.82) is 0 Å². The lowest BCUT2D eigenvalue weighted by atomic mass is 10.1. The highest BCUT2D eigenvalue weighted by Gasteiger charge is 2.16. The Bertz CT molecular complexity index is 236. The van der Waals surface area contributed by atoms with Crippen LogP contribution in [-0.2, 0) is 10.9 Å². The van der Waals surface area contributed by atoms with E-state index in [0.29, 0.717) is 0 Å². The van der Waals surface area contributed by atoms with Gasteiger partial charge in [0.25, 0.3) is 0 Å². The second-order valence-corrected chi connectivity index (χ2v) is 4.00. The van der Waals surface area contributed by atoms with E-state index < -0.39 is 0 Å². The minimum Gasteiger partial charge on any atom is -0.243 e. The van der Waals surface area contributed by atoms with Crippen molar-refractivity contribution in [2.75, 3.05) is 0 Å². The molecule has 0 amide bonds. The van der Waals surface area contributed by atoms with Gasteiger partial charge in [0.2, 0.25) is 0 Å². The lowest BCUT2D eigenvalue weighted by Gasteiger charge is -2.20. The highest BCUT2D eigenvalue weighted by atomic mass is 79.9. The van der Waals surface area contributed by atoms with Gasteiger partial charge in [-0.1, -0.05) is 21.1 Å². The van der Waals surface area contributed by atoms with Crippen LogP contribution in [0, 0.1) is 0 Å². The van der Waals surface area contributed by atoms with Gasteiger partial charge < -0.3 is 0 Å². The Balaban J connectivity index is 3.02. The van der Waals surface area contributed by atoms with Gasteiger partial charge in [0.1, 0.15) is 0 Å². The van der Waals surface area contributed by atoms with Gasteiger partial charge in [-0.05, 0) is 20.8 Å². The molecule has 0 saturated carbocycles. The van der Waals surface area contributed by atoms with E-state index in [4.69, 9.17) is 0 Å². The quantitative estimate of drug-likeness (QED) is 0.674. The monoisotopic (exact) mass is 217 g/mol. The van der Waals surface area contributed by atoms with Crippen molar-refractivity contribution in [3.63, 3.8) is 0 Å². The Morgan fingerprint density at radius 3 is 2.55 bits per heavy atom. The van der Waals surface area contributed by atoms with Gasteiger partial charge in [0, 0.05) is 5.33 Å². The average molecular weight is 218 g/mol. The fourth-order valence-corrected chi connectivity index (χ4v) is 1.29. The lowest BCUT2D eigenvalue weighted by molar-refractivity contribution is 0.339. The van der Waals surface area contributed by atoms with E-state index >= 15 is 0 Å². The van der Waals surface area contributed by atoms with Crippen LogP contribution in [0.15, 0.2) is 6.20 Å². The number of nitrogens with zero attached hydrogens (tertiary/aromatic N) is 3. The number of hydrogen-bond donors (Lipinski definition) is 0. The van der Waals surface area contributed by atoms with Crippen molar-refractivity contribution in [1.82, 2.24) is 15.0 Å². The smallest absolute Gasteiger partial charge is 0.0734 e. The van der Waals surface area contributed by atoms with Crippen LogP contribution < -0.4 is 0 Å². The van der Waals surface area contributed by atoms with E-state index in [1.165, 1.54) is 0 Å². The summed E-state index contributed by atoms with van der Waals surface area (Å²) in [6, 6.07) is 0. The van der Waals surface area contributed by atoms with Crippen LogP contribution in [0.4, 0.5) is 0 Å². The minimum absolute atomic E-state index is 0.0274. The third kappa shape index (κ3) is 1.80. The molecule has 0 aliphatic heterocycles. The number of hydrogen-bond acceptors (Lipinski definition) is 2. The second-order valence-electron chi connectivity index (χ2n) is 3.44. The Morgan fingerprint density at radius 2 is 2.18 bits per heavy atom. The van der Waals surface area contributed by atoms with E-state index in [1.54, 1.807) is 6.20 Å². The molecule has 0 aliphatic carbocycles. The zero-order valence-corrected chi connectivity index (χ0v) is 8.59. The zero-order chi connectivity index (χ0) is 8.48. The summed E-state index contributed by atoms with van der Waals surface area (Å²) >= 11 is 3.38. The standard InChI is InChI=1S/C7H12BrN3/c1-7(2,3)11-6(4-8)5-9-10-11/h5H,4H2,1-3H3. The predicted octanol–water partition coefficient (Wildman–Crippen LogP) is 1.93. The molecule has 1 heterocycles. The maximum Gasteiger partial charge on any atom is 0.0734 e. The minimum atomic E-state index is 0.0274. The maximum atomic E-state index is 3.99. The molecule has 0 bridgehead atoms. The molecule has 0 fully saturated rings. The van der Waals surface area contributed by atoms with E-state index in [2.05, 4.69) is 47.0 Å². The van der Waals surface area contributed by atoms with E-state index in [0.717, 1.165) is 11.0 Å². The molecule has 0 radical (unpaired) electrons. The summed E-state index contributed by atoms with van der Waals surface area (Å²) in [5, 5.41) is 8.64. The molecule has 0 N–H and O–H groups in total. The van der Waals surface area contributed by atoms with Gasteiger partial charge in [0.05, 0.1) is 17.4 Å². The molecular weight excluding hydrogens is 206 g/mol. The van der Waals surface area contributed by atoms with Gasteiger partial charge in [-0.3, -0.25) is 0 Å². The summed E-state index contributed by atoms with van der Waals surface area (Å²) < 4.78 is 1.92. The number of halogens is 1. The van der Waals surface area contributed by atoms with E-state index in [-0.39, 0.29) is 5.54 Å². The molecule has 0 unspecified atom stereocenters. The summed E-state index contributed by atoms with van der Waals surface area (Å²) in [6.45, 7) is 6.32. The molecule has 1 rings (SSSR count). The first-order valence-corrected chi connectivity index (χ1v) is 4.64. The van der Waals surface area contributed by atoms with Gasteiger partial charge in [-0.15, -0.1) is 5.10 Å². The van der Waals surface area contributed by atoms with Crippen molar-refractivity contribution < 1.29 is 0 Å². The first-order chi connectivity index (χ1) is 5.05. The highest BCUT2D eigenvalue weighted by Crippen LogP contribution is 2.15. The molecule has 0 atom stereocenters. The highest BCUT2D eigenvalue weighted by molar-refractivity contribution is 9.08. The average Bonchev–Trinajstić information content (AvgIpc) is 2.31. The fraction of sp³-hybridized carbons (Fsp3) is 0.714. The van der Waals surface area contributed by atoms with Crippen molar-refractivity contribution in [2.24, 2.45) is 0 Å². The molecule has 0 spiro atoms. The lowest BCUT2D eigenvalue weighted by Crippen LogP contribution is -2.24. The second kappa shape index (κ2) is 2.93. The summed E-state index contributed by atoms with van der Waals surface area (Å²) in [5.41, 5.74) is 1.14. The molecule has 1 aromatic heterocycles. The van der Waals surface area contributed by atoms with Crippen LogP contribution >= 0.6 is 15.9 Å². The Hall–Kier alpha value is -0.380. The maximum absolute atomic E-state index is 3.99. The van der Waals surface area contributed by atoms with Gasteiger partial charge in [-0.2, -0.15) is 0 Å². The molecule has 11 heavy (non-hydrogen) atoms. The van der Waals surface area contributed by atoms with Crippen molar-refractivity contribution in [3.8, 4) is 0 Å². The van der Waals surface area contributed by atoms with Crippen LogP contribution in [0.3, 0.4) is 0 Å². The third-order valence-corrected chi connectivity index (χ3v) is 1.97. The molecule has 3 nitrogen and oxygen atoms in total. The first kappa shape index (κ1) is 8.71. The molecule has 62 valence electrons. The zero-order valence-electron chi connectivity index (χ0n) is 7.00. The van der Waals surface area contributed by atoms with E-state index in [1.807, 2.05) is 4.68 Å². The van der Waals surface area contributed by atoms with Crippen LogP contribution in [-0.4, -0.2) is 15.0 Å². The molecule has 1 aromatic rings. The van der Waals surface area contributed by atoms with Crippen molar-refractivity contribution in [2.45, 2.75) is 31.6 Å². The molecular formula is C7H12BrN3. The largest absolute Gasteiger partial charge is 0.243 e. The fourth-order valence-electron chi connectivity index (χ4n) is 0.912. The topological polar surface area (TPSA) is 30.7 Å². The predicted molar refractivity (Wildman–Crippen MR) is 47.6 cm³/mol. The SMILES string of the molecule is CC(C)(C)n1nncc1CBr. The van der Waals surface area contributed by atoms with Crippen molar-refractivity contribution >= 4 is 15.9 Å². The van der Waals surface area contributed by atoms with Crippen LogP contribution in [0.2, 0.25) is 0 Å². The normalized spacial score (nSPS) is 12.0. The van der Waals surface area contributed by atoms with Crippen LogP contribution in [0.25, 0.3) is 0 Å². The van der Waals surface area contributed by atoms with Crippen molar-refractivity contribution in [3.05, 3.63) is 11.9 Å².